The van der Waals surface area contributed by atoms with Crippen LogP contribution in [0.15, 0.2) is 97.1 Å². The highest BCUT2D eigenvalue weighted by molar-refractivity contribution is 6.30. The highest BCUT2D eigenvalue weighted by Gasteiger charge is 2.39. The number of ether oxygens (including phenoxy) is 4. The van der Waals surface area contributed by atoms with Crippen LogP contribution in [0.2, 0.25) is 5.02 Å². The van der Waals surface area contributed by atoms with Crippen LogP contribution in [0.25, 0.3) is 6.08 Å². The minimum absolute atomic E-state index is 0.000204. The predicted molar refractivity (Wildman–Crippen MR) is 212 cm³/mol. The number of unbranched alkanes of at least 4 members (excludes halogenated alkanes) is 1. The summed E-state index contributed by atoms with van der Waals surface area (Å²) in [6.07, 6.45) is 9.29. The van der Waals surface area contributed by atoms with Crippen LogP contribution in [0.1, 0.15) is 50.2 Å². The van der Waals surface area contributed by atoms with Gasteiger partial charge in [0.25, 0.3) is 5.09 Å². The van der Waals surface area contributed by atoms with Crippen molar-refractivity contribution in [2.45, 2.75) is 70.0 Å². The van der Waals surface area contributed by atoms with Crippen LogP contribution in [-0.4, -0.2) is 76.3 Å². The molecule has 1 unspecified atom stereocenters. The van der Waals surface area contributed by atoms with E-state index in [-0.39, 0.29) is 61.0 Å². The lowest BCUT2D eigenvalue weighted by Gasteiger charge is -2.19. The molecule has 4 rings (SSSR count). The number of methoxy groups -OCH3 is 1. The van der Waals surface area contributed by atoms with Crippen molar-refractivity contribution in [3.05, 3.63) is 123 Å². The molecule has 4 N–H and O–H groups in total. The summed E-state index contributed by atoms with van der Waals surface area (Å²) < 4.78 is 21.7. The predicted octanol–water partition coefficient (Wildman–Crippen LogP) is 5.56. The molecular weight excluding hydrogens is 776 g/mol. The van der Waals surface area contributed by atoms with Gasteiger partial charge in [-0.25, -0.2) is 9.59 Å². The molecule has 3 aromatic carbocycles. The summed E-state index contributed by atoms with van der Waals surface area (Å²) in [5.74, 6) is -1.38. The first-order chi connectivity index (χ1) is 27.8. The van der Waals surface area contributed by atoms with Crippen molar-refractivity contribution in [1.82, 2.24) is 5.32 Å². The first kappa shape index (κ1) is 45.0. The highest BCUT2D eigenvalue weighted by atomic mass is 35.5. The third-order valence-corrected chi connectivity index (χ3v) is 9.27. The summed E-state index contributed by atoms with van der Waals surface area (Å²) in [7, 11) is 1.38. The van der Waals surface area contributed by atoms with Gasteiger partial charge < -0.3 is 44.4 Å². The number of allylic oxidation sites excluding steroid dienone is 2. The molecule has 6 atom stereocenters. The summed E-state index contributed by atoms with van der Waals surface area (Å²) in [5.41, 5.74) is 0.967. The molecule has 0 heterocycles. The van der Waals surface area contributed by atoms with E-state index < -0.39 is 41.4 Å². The summed E-state index contributed by atoms with van der Waals surface area (Å²) in [6, 6.07) is 16.6. The molecule has 1 aliphatic carbocycles. The lowest BCUT2D eigenvalue weighted by molar-refractivity contribution is -0.763. The average molecular weight is 823 g/mol. The monoisotopic (exact) mass is 822 g/mol. The number of esters is 2. The van der Waals surface area contributed by atoms with Gasteiger partial charge in [0.05, 0.1) is 19.3 Å². The Labute approximate surface area is 340 Å². The maximum absolute atomic E-state index is 12.8. The molecule has 0 aliphatic heterocycles. The summed E-state index contributed by atoms with van der Waals surface area (Å²) in [5, 5.41) is 44.1. The Balaban J connectivity index is 1.17. The van der Waals surface area contributed by atoms with Gasteiger partial charge in [0.15, 0.2) is 11.5 Å². The van der Waals surface area contributed by atoms with Crippen LogP contribution in [-0.2, 0) is 25.8 Å². The minimum Gasteiger partial charge on any atom is -0.493 e. The molecule has 0 radical (unpaired) electrons. The SMILES string of the molecule is COc1cc(/C=C/C(=O)Oc2cccc(CO[N+](=O)[O-])c2)ccc1OC(=O)C(C)NC(=O)CCC/C=C\C[C@@H]1[C@@H](/C=C/[C@@H](O)COc2cccc(Cl)c2)[C@H](O)C[C@@H]1O. The first-order valence-electron chi connectivity index (χ1n) is 18.5. The van der Waals surface area contributed by atoms with Crippen LogP contribution in [0.5, 0.6) is 23.0 Å². The smallest absolute Gasteiger partial charge is 0.336 e. The summed E-state index contributed by atoms with van der Waals surface area (Å²) in [4.78, 5) is 52.5. The van der Waals surface area contributed by atoms with Crippen molar-refractivity contribution in [1.29, 1.82) is 0 Å². The van der Waals surface area contributed by atoms with Gasteiger partial charge in [0, 0.05) is 29.9 Å². The van der Waals surface area contributed by atoms with Crippen molar-refractivity contribution in [3.63, 3.8) is 0 Å². The molecule has 1 aliphatic rings. The summed E-state index contributed by atoms with van der Waals surface area (Å²) in [6.45, 7) is 1.20. The van der Waals surface area contributed by atoms with Gasteiger partial charge in [-0.1, -0.05) is 60.2 Å². The number of benzene rings is 3. The number of halogens is 1. The van der Waals surface area contributed by atoms with Crippen LogP contribution in [0.3, 0.4) is 0 Å². The topological polar surface area (TPSA) is 213 Å². The van der Waals surface area contributed by atoms with E-state index in [2.05, 4.69) is 10.2 Å². The van der Waals surface area contributed by atoms with Crippen molar-refractivity contribution < 1.29 is 58.6 Å². The van der Waals surface area contributed by atoms with Gasteiger partial charge in [-0.15, -0.1) is 10.1 Å². The molecule has 0 aromatic heterocycles. The molecule has 310 valence electrons. The van der Waals surface area contributed by atoms with Crippen LogP contribution >= 0.6 is 11.6 Å². The molecule has 1 saturated carbocycles. The number of carbonyl (C=O) groups is 3. The van der Waals surface area contributed by atoms with Crippen molar-refractivity contribution in [2.75, 3.05) is 13.7 Å². The number of hydrogen-bond donors (Lipinski definition) is 4. The lowest BCUT2D eigenvalue weighted by atomic mass is 9.89. The zero-order valence-corrected chi connectivity index (χ0v) is 32.7. The van der Waals surface area contributed by atoms with E-state index in [9.17, 15) is 39.8 Å². The molecule has 58 heavy (non-hydrogen) atoms. The molecule has 0 spiro atoms. The normalized spacial score (nSPS) is 18.9. The Kier molecular flexibility index (Phi) is 17.7. The van der Waals surface area contributed by atoms with Crippen molar-refractivity contribution in [3.8, 4) is 23.0 Å². The Bertz CT molecular complexity index is 1950. The fourth-order valence-electron chi connectivity index (χ4n) is 6.09. The fourth-order valence-corrected chi connectivity index (χ4v) is 6.27. The second kappa shape index (κ2) is 22.9. The standard InChI is InChI=1S/C42H47ClN2O13/c1-27(42(51)58-38-19-15-28(22-39(38)54-2)16-20-41(50)57-33-12-7-9-29(21-33)25-56-45(52)53)44-40(49)14-6-4-3-5-13-34-35(37(48)24-36(34)47)18-17-31(46)26-55-32-11-8-10-30(43)23-32/h3,5,7-12,15-23,27,31,34-37,46-48H,4,6,13-14,24-26H2,1-2H3,(H,44,49)/b5-3-,18-17+,20-16+/t27?,31-,34-,35-,36+,37-/m1/s1. The van der Waals surface area contributed by atoms with E-state index in [0.29, 0.717) is 41.2 Å². The number of aliphatic hydroxyl groups is 3. The van der Waals surface area contributed by atoms with Gasteiger partial charge >= 0.3 is 11.9 Å². The molecular formula is C42H47ClN2O13. The van der Waals surface area contributed by atoms with Gasteiger partial charge in [-0.2, -0.15) is 0 Å². The second-order valence-electron chi connectivity index (χ2n) is 13.5. The second-order valence-corrected chi connectivity index (χ2v) is 13.9. The molecule has 16 heteroatoms. The van der Waals surface area contributed by atoms with Gasteiger partial charge in [0.1, 0.15) is 36.9 Å². The molecule has 1 amide bonds. The molecule has 3 aromatic rings. The Morgan fingerprint density at radius 3 is 2.53 bits per heavy atom. The van der Waals surface area contributed by atoms with E-state index in [0.717, 1.165) is 0 Å². The minimum atomic E-state index is -0.964. The fraction of sp³-hybridized carbons (Fsp3) is 0.357. The largest absolute Gasteiger partial charge is 0.493 e. The molecule has 1 fully saturated rings. The number of carbonyl (C=O) groups excluding carboxylic acids is 3. The van der Waals surface area contributed by atoms with E-state index in [1.54, 1.807) is 54.6 Å². The van der Waals surface area contributed by atoms with E-state index in [4.69, 9.17) is 30.5 Å². The Hall–Kier alpha value is -5.74. The maximum atomic E-state index is 12.8. The third-order valence-electron chi connectivity index (χ3n) is 9.03. The number of nitrogens with zero attached hydrogens (tertiary/aromatic N) is 1. The third kappa shape index (κ3) is 15.0. The number of hydrogen-bond acceptors (Lipinski definition) is 13. The number of rotatable bonds is 21. The maximum Gasteiger partial charge on any atom is 0.336 e. The van der Waals surface area contributed by atoms with Crippen LogP contribution in [0.4, 0.5) is 0 Å². The van der Waals surface area contributed by atoms with Crippen molar-refractivity contribution in [2.24, 2.45) is 11.8 Å². The van der Waals surface area contributed by atoms with Gasteiger partial charge in [0.2, 0.25) is 5.91 Å². The van der Waals surface area contributed by atoms with Gasteiger partial charge in [-0.05, 0) is 91.8 Å². The van der Waals surface area contributed by atoms with E-state index >= 15 is 0 Å². The van der Waals surface area contributed by atoms with Crippen LogP contribution in [0, 0.1) is 22.0 Å². The zero-order valence-electron chi connectivity index (χ0n) is 32.0. The number of nitrogens with one attached hydrogen (secondary N) is 1. The highest BCUT2D eigenvalue weighted by Crippen LogP contribution is 2.36. The lowest BCUT2D eigenvalue weighted by Crippen LogP contribution is -2.40. The first-order valence-corrected chi connectivity index (χ1v) is 18.9. The number of aliphatic hydroxyl groups excluding tert-OH is 3. The Morgan fingerprint density at radius 1 is 1.00 bits per heavy atom. The summed E-state index contributed by atoms with van der Waals surface area (Å²) >= 11 is 5.97. The molecule has 15 nitrogen and oxygen atoms in total. The molecule has 0 saturated heterocycles. The van der Waals surface area contributed by atoms with E-state index in [1.165, 1.54) is 50.5 Å². The van der Waals surface area contributed by atoms with Gasteiger partial charge in [-0.3, -0.25) is 4.79 Å². The van der Waals surface area contributed by atoms with Crippen molar-refractivity contribution >= 4 is 35.5 Å². The zero-order chi connectivity index (χ0) is 42.0. The number of amides is 1. The van der Waals surface area contributed by atoms with Crippen LogP contribution < -0.4 is 24.3 Å². The quantitative estimate of drug-likeness (QED) is 0.0197. The average Bonchev–Trinajstić information content (AvgIpc) is 3.46. The Morgan fingerprint density at radius 2 is 1.78 bits per heavy atom. The van der Waals surface area contributed by atoms with E-state index in [1.807, 2.05) is 12.2 Å². The molecule has 0 bridgehead atoms.